The molecule has 7 nitrogen and oxygen atoms in total. The second-order valence-corrected chi connectivity index (χ2v) is 8.71. The number of esters is 1. The van der Waals surface area contributed by atoms with Gasteiger partial charge in [-0.05, 0) is 24.3 Å². The number of carbonyl (C=O) groups is 2. The first-order chi connectivity index (χ1) is 18.6. The van der Waals surface area contributed by atoms with E-state index in [0.717, 1.165) is 21.9 Å². The first-order valence-corrected chi connectivity index (χ1v) is 12.0. The van der Waals surface area contributed by atoms with Gasteiger partial charge in [0.2, 0.25) is 0 Å². The van der Waals surface area contributed by atoms with Crippen molar-refractivity contribution in [3.63, 3.8) is 0 Å². The van der Waals surface area contributed by atoms with E-state index in [0.29, 0.717) is 39.2 Å². The van der Waals surface area contributed by atoms with E-state index in [1.54, 1.807) is 18.2 Å². The lowest BCUT2D eigenvalue weighted by molar-refractivity contribution is -0.119. The molecule has 0 aliphatic carbocycles. The summed E-state index contributed by atoms with van der Waals surface area (Å²) in [5.74, 6) is -0.652. The summed E-state index contributed by atoms with van der Waals surface area (Å²) in [5.41, 5.74) is 4.28. The molecule has 0 spiro atoms. The molecule has 0 atom stereocenters. The number of fused-ring (bicyclic) bond motifs is 4. The number of nitrogens with zero attached hydrogens (tertiary/aromatic N) is 1. The lowest BCUT2D eigenvalue weighted by Crippen LogP contribution is -2.21. The maximum absolute atomic E-state index is 13.1. The maximum atomic E-state index is 13.1. The van der Waals surface area contributed by atoms with Crippen molar-refractivity contribution in [2.45, 2.75) is 0 Å². The third kappa shape index (κ3) is 4.30. The molecule has 2 aromatic heterocycles. The number of methoxy groups -OCH3 is 1. The summed E-state index contributed by atoms with van der Waals surface area (Å²) in [6, 6.07) is 29.8. The zero-order chi connectivity index (χ0) is 26.1. The molecule has 2 heterocycles. The summed E-state index contributed by atoms with van der Waals surface area (Å²) in [5, 5.41) is 5.24. The third-order valence-corrected chi connectivity index (χ3v) is 6.31. The van der Waals surface area contributed by atoms with Gasteiger partial charge in [-0.1, -0.05) is 66.7 Å². The largest absolute Gasteiger partial charge is 0.495 e. The van der Waals surface area contributed by atoms with Crippen molar-refractivity contribution in [2.75, 3.05) is 19.0 Å². The van der Waals surface area contributed by atoms with E-state index in [4.69, 9.17) is 13.9 Å². The standard InChI is InChI=1S/C31H22N2O5/c1-36-29-16-22-21-12-6-8-14-27(21)38-28(22)17-26(29)33-30(34)18-37-31(35)23-15-25(19-9-3-2-4-10-19)32-24-13-7-5-11-20(23)24/h2-17H,18H2,1H3,(H,33,34). The highest BCUT2D eigenvalue weighted by Crippen LogP contribution is 2.36. The third-order valence-electron chi connectivity index (χ3n) is 6.31. The van der Waals surface area contributed by atoms with E-state index >= 15 is 0 Å². The summed E-state index contributed by atoms with van der Waals surface area (Å²) in [6.07, 6.45) is 0. The van der Waals surface area contributed by atoms with Crippen LogP contribution in [0.4, 0.5) is 5.69 Å². The van der Waals surface area contributed by atoms with Crippen LogP contribution in [0.2, 0.25) is 0 Å². The van der Waals surface area contributed by atoms with Crippen molar-refractivity contribution in [1.82, 2.24) is 4.98 Å². The van der Waals surface area contributed by atoms with Crippen LogP contribution in [0.25, 0.3) is 44.1 Å². The number of pyridine rings is 1. The minimum atomic E-state index is -0.615. The Labute approximate surface area is 217 Å². The number of benzene rings is 4. The van der Waals surface area contributed by atoms with E-state index in [1.165, 1.54) is 7.11 Å². The molecule has 0 saturated carbocycles. The number of furan rings is 1. The van der Waals surface area contributed by atoms with E-state index in [1.807, 2.05) is 78.9 Å². The Kier molecular flexibility index (Phi) is 5.94. The Morgan fingerprint density at radius 2 is 1.55 bits per heavy atom. The monoisotopic (exact) mass is 502 g/mol. The number of amides is 1. The van der Waals surface area contributed by atoms with Crippen LogP contribution in [0.3, 0.4) is 0 Å². The van der Waals surface area contributed by atoms with Gasteiger partial charge in [-0.15, -0.1) is 0 Å². The van der Waals surface area contributed by atoms with Crippen LogP contribution in [-0.2, 0) is 9.53 Å². The Morgan fingerprint density at radius 1 is 0.816 bits per heavy atom. The molecule has 1 N–H and O–H groups in total. The van der Waals surface area contributed by atoms with Crippen LogP contribution < -0.4 is 10.1 Å². The van der Waals surface area contributed by atoms with Crippen LogP contribution in [0.15, 0.2) is 101 Å². The minimum absolute atomic E-state index is 0.337. The SMILES string of the molecule is COc1cc2c(cc1NC(=O)COC(=O)c1cc(-c3ccccc3)nc3ccccc13)oc1ccccc12. The molecule has 0 fully saturated rings. The molecule has 0 unspecified atom stereocenters. The van der Waals surface area contributed by atoms with E-state index in [-0.39, 0.29) is 0 Å². The quantitative estimate of drug-likeness (QED) is 0.258. The molecule has 7 heteroatoms. The summed E-state index contributed by atoms with van der Waals surface area (Å²) < 4.78 is 16.8. The normalized spacial score (nSPS) is 11.1. The molecule has 0 saturated heterocycles. The number of nitrogens with one attached hydrogen (secondary N) is 1. The van der Waals surface area contributed by atoms with Gasteiger partial charge >= 0.3 is 5.97 Å². The number of para-hydroxylation sites is 2. The van der Waals surface area contributed by atoms with Crippen LogP contribution >= 0.6 is 0 Å². The molecule has 186 valence electrons. The van der Waals surface area contributed by atoms with Gasteiger partial charge in [-0.3, -0.25) is 4.79 Å². The minimum Gasteiger partial charge on any atom is -0.495 e. The number of anilines is 1. The fourth-order valence-corrected chi connectivity index (χ4v) is 4.51. The van der Waals surface area contributed by atoms with Gasteiger partial charge in [0.05, 0.1) is 29.6 Å². The number of aromatic nitrogens is 1. The maximum Gasteiger partial charge on any atom is 0.339 e. The second kappa shape index (κ2) is 9.71. The van der Waals surface area contributed by atoms with E-state index in [9.17, 15) is 9.59 Å². The average Bonchev–Trinajstić information content (AvgIpc) is 3.32. The van der Waals surface area contributed by atoms with Crippen molar-refractivity contribution in [1.29, 1.82) is 0 Å². The van der Waals surface area contributed by atoms with Gasteiger partial charge in [0, 0.05) is 27.8 Å². The smallest absolute Gasteiger partial charge is 0.339 e. The zero-order valence-corrected chi connectivity index (χ0v) is 20.4. The topological polar surface area (TPSA) is 90.7 Å². The summed E-state index contributed by atoms with van der Waals surface area (Å²) in [6.45, 7) is -0.475. The van der Waals surface area contributed by atoms with Gasteiger partial charge in [0.1, 0.15) is 16.9 Å². The molecule has 0 aliphatic heterocycles. The van der Waals surface area contributed by atoms with Gasteiger partial charge in [0.25, 0.3) is 5.91 Å². The highest BCUT2D eigenvalue weighted by atomic mass is 16.5. The molecule has 38 heavy (non-hydrogen) atoms. The van der Waals surface area contributed by atoms with Crippen molar-refractivity contribution in [2.24, 2.45) is 0 Å². The van der Waals surface area contributed by atoms with E-state index in [2.05, 4.69) is 10.3 Å². The lowest BCUT2D eigenvalue weighted by atomic mass is 10.0. The van der Waals surface area contributed by atoms with Crippen molar-refractivity contribution >= 4 is 50.4 Å². The molecular formula is C31H22N2O5. The number of ether oxygens (including phenoxy) is 2. The van der Waals surface area contributed by atoms with Crippen molar-refractivity contribution in [3.05, 3.63) is 103 Å². The van der Waals surface area contributed by atoms with Gasteiger partial charge < -0.3 is 19.2 Å². The Morgan fingerprint density at radius 3 is 2.37 bits per heavy atom. The molecule has 1 amide bonds. The Hall–Kier alpha value is -5.17. The fraction of sp³-hybridized carbons (Fsp3) is 0.0645. The number of hydrogen-bond acceptors (Lipinski definition) is 6. The molecule has 6 rings (SSSR count). The van der Waals surface area contributed by atoms with Crippen molar-refractivity contribution < 1.29 is 23.5 Å². The van der Waals surface area contributed by atoms with Crippen LogP contribution in [0, 0.1) is 0 Å². The number of carbonyl (C=O) groups excluding carboxylic acids is 2. The molecule has 0 bridgehead atoms. The highest BCUT2D eigenvalue weighted by Gasteiger charge is 2.18. The molecule has 6 aromatic rings. The highest BCUT2D eigenvalue weighted by molar-refractivity contribution is 6.08. The van der Waals surface area contributed by atoms with Crippen LogP contribution in [0.1, 0.15) is 10.4 Å². The summed E-state index contributed by atoms with van der Waals surface area (Å²) in [7, 11) is 1.53. The summed E-state index contributed by atoms with van der Waals surface area (Å²) in [4.78, 5) is 30.6. The van der Waals surface area contributed by atoms with Crippen LogP contribution in [-0.4, -0.2) is 30.6 Å². The predicted molar refractivity (Wildman–Crippen MR) is 146 cm³/mol. The zero-order valence-electron chi connectivity index (χ0n) is 20.4. The second-order valence-electron chi connectivity index (χ2n) is 8.71. The van der Waals surface area contributed by atoms with E-state index < -0.39 is 18.5 Å². The number of hydrogen-bond donors (Lipinski definition) is 1. The predicted octanol–water partition coefficient (Wildman–Crippen LogP) is 6.61. The lowest BCUT2D eigenvalue weighted by Gasteiger charge is -2.12. The Balaban J connectivity index is 1.24. The van der Waals surface area contributed by atoms with Crippen molar-refractivity contribution in [3.8, 4) is 17.0 Å². The molecule has 4 aromatic carbocycles. The summed E-state index contributed by atoms with van der Waals surface area (Å²) >= 11 is 0. The molecule has 0 radical (unpaired) electrons. The van der Waals surface area contributed by atoms with Crippen LogP contribution in [0.5, 0.6) is 5.75 Å². The number of rotatable bonds is 6. The first-order valence-electron chi connectivity index (χ1n) is 12.0. The average molecular weight is 503 g/mol. The van der Waals surface area contributed by atoms with Gasteiger partial charge in [-0.25, -0.2) is 9.78 Å². The fourth-order valence-electron chi connectivity index (χ4n) is 4.51. The van der Waals surface area contributed by atoms with Gasteiger partial charge in [-0.2, -0.15) is 0 Å². The van der Waals surface area contributed by atoms with Gasteiger partial charge in [0.15, 0.2) is 6.61 Å². The molecule has 0 aliphatic rings. The first kappa shape index (κ1) is 23.2. The Bertz CT molecular complexity index is 1830. The molecular weight excluding hydrogens is 480 g/mol.